The van der Waals surface area contributed by atoms with Crippen LogP contribution in [-0.4, -0.2) is 135 Å². The molecule has 4 amide bonds. The van der Waals surface area contributed by atoms with Gasteiger partial charge in [0, 0.05) is 19.4 Å². The van der Waals surface area contributed by atoms with E-state index in [0.29, 0.717) is 12.8 Å². The second-order valence-corrected chi connectivity index (χ2v) is 28.2. The summed E-state index contributed by atoms with van der Waals surface area (Å²) in [5, 5.41) is 11.5. The third-order valence-electron chi connectivity index (χ3n) is 11.7. The maximum Gasteiger partial charge on any atom is 0.408 e. The third-order valence-corrected chi connectivity index (χ3v) is 16.2. The van der Waals surface area contributed by atoms with E-state index in [1.165, 1.54) is 0 Å². The molecule has 19 heteroatoms. The van der Waals surface area contributed by atoms with Gasteiger partial charge in [-0.25, -0.2) is 19.2 Å². The van der Waals surface area contributed by atoms with Gasteiger partial charge in [-0.1, -0.05) is 33.1 Å². The number of hydrogen-bond donors (Lipinski definition) is 4. The molecule has 10 atom stereocenters. The lowest BCUT2D eigenvalue weighted by Gasteiger charge is -2.51. The van der Waals surface area contributed by atoms with E-state index in [0.717, 1.165) is 19.3 Å². The average molecular weight is 955 g/mol. The van der Waals surface area contributed by atoms with Crippen molar-refractivity contribution in [2.45, 2.75) is 250 Å². The quantitative estimate of drug-likeness (QED) is 0.0896. The number of ether oxygens (including phenoxy) is 9. The van der Waals surface area contributed by atoms with Crippen LogP contribution in [0.4, 0.5) is 19.2 Å². The van der Waals surface area contributed by atoms with Crippen molar-refractivity contribution < 1.29 is 66.2 Å². The van der Waals surface area contributed by atoms with Crippen molar-refractivity contribution in [2.24, 2.45) is 0 Å². The number of rotatable bonds is 11. The molecule has 4 aliphatic rings. The van der Waals surface area contributed by atoms with Gasteiger partial charge in [0.2, 0.25) is 0 Å². The molecule has 0 aromatic rings. The SMILES string of the molecule is C#CCO[C@H]1[C@H](O[Si](C)(C)C(C)(C)C)[C@@H](NC(=O)OC(C)(C)C)[C@@H](O[C@H]2[C@@H]3OC4(CCCCC4)O[C@H]3[C@H](NC(=O)OC(C)(C)C)C[C@@H]2NC(=O)OC(C)(C)C)O[C@@H]1CNC(=O)OC(C)(C)C. The molecule has 4 N–H and O–H groups in total. The van der Waals surface area contributed by atoms with Gasteiger partial charge in [-0.3, -0.25) is 0 Å². The molecule has 0 bridgehead atoms. The van der Waals surface area contributed by atoms with Gasteiger partial charge in [0.25, 0.3) is 0 Å². The van der Waals surface area contributed by atoms with Crippen LogP contribution in [0.1, 0.15) is 142 Å². The first-order chi connectivity index (χ1) is 30.1. The summed E-state index contributed by atoms with van der Waals surface area (Å²) in [6.07, 6.45) is -0.336. The molecule has 2 aliphatic heterocycles. The van der Waals surface area contributed by atoms with Crippen molar-refractivity contribution in [3.05, 3.63) is 0 Å². The van der Waals surface area contributed by atoms with Crippen molar-refractivity contribution in [3.8, 4) is 12.3 Å². The van der Waals surface area contributed by atoms with E-state index in [9.17, 15) is 19.2 Å². The van der Waals surface area contributed by atoms with Crippen LogP contribution in [0.25, 0.3) is 0 Å². The number of terminal acetylenes is 1. The predicted molar refractivity (Wildman–Crippen MR) is 248 cm³/mol. The van der Waals surface area contributed by atoms with Gasteiger partial charge in [-0.2, -0.15) is 0 Å². The second kappa shape index (κ2) is 21.1. The zero-order valence-electron chi connectivity index (χ0n) is 42.7. The number of carbonyl (C=O) groups is 4. The first kappa shape index (κ1) is 55.2. The van der Waals surface area contributed by atoms with Crippen molar-refractivity contribution in [1.82, 2.24) is 21.3 Å². The van der Waals surface area contributed by atoms with Crippen LogP contribution in [0.2, 0.25) is 18.1 Å². The summed E-state index contributed by atoms with van der Waals surface area (Å²) in [5.74, 6) is 1.53. The van der Waals surface area contributed by atoms with E-state index in [-0.39, 0.29) is 24.6 Å². The zero-order valence-corrected chi connectivity index (χ0v) is 43.7. The summed E-state index contributed by atoms with van der Waals surface area (Å²) in [6, 6.07) is -2.79. The molecule has 66 heavy (non-hydrogen) atoms. The zero-order chi connectivity index (χ0) is 49.8. The summed E-state index contributed by atoms with van der Waals surface area (Å²) in [6.45, 7) is 31.1. The predicted octanol–water partition coefficient (Wildman–Crippen LogP) is 7.56. The Hall–Kier alpha value is -3.38. The highest BCUT2D eigenvalue weighted by Gasteiger charge is 2.61. The van der Waals surface area contributed by atoms with Crippen LogP contribution in [0, 0.1) is 12.3 Å². The molecule has 1 spiro atoms. The Labute approximate surface area is 394 Å². The molecular weight excluding hydrogens is 873 g/mol. The molecule has 0 aromatic carbocycles. The first-order valence-corrected chi connectivity index (χ1v) is 26.4. The van der Waals surface area contributed by atoms with Crippen molar-refractivity contribution in [1.29, 1.82) is 0 Å². The smallest absolute Gasteiger partial charge is 0.408 e. The highest BCUT2D eigenvalue weighted by molar-refractivity contribution is 6.74. The van der Waals surface area contributed by atoms with E-state index >= 15 is 0 Å². The standard InChI is InChI=1S/C47H82N4O14Si/c1-19-25-56-34-30(27-48-38(52)61-42(2,3)4)57-37(31(51-41(55)64-45(11,12)13)35(34)65-66(17,18)46(14,15)16)58-32-28(49-39(53)62-43(5,6)7)26-29(50-40(54)63-44(8,9)10)33-36(32)60-47(59-33)23-21-20-22-24-47/h1,28-37H,20-27H2,2-18H3,(H,48,52)(H,49,53)(H,50,54)(H,51,55)/t28-,29+,30+,31+,32+,33-,34+,35+,36-,37+/m0/s1. The van der Waals surface area contributed by atoms with E-state index < -0.39 is 122 Å². The molecule has 378 valence electrons. The van der Waals surface area contributed by atoms with Gasteiger partial charge in [0.1, 0.15) is 65.6 Å². The number of alkyl carbamates (subject to hydrolysis) is 4. The van der Waals surface area contributed by atoms with Crippen molar-refractivity contribution in [2.75, 3.05) is 13.2 Å². The summed E-state index contributed by atoms with van der Waals surface area (Å²) < 4.78 is 64.4. The normalized spacial score (nSPS) is 29.4. The summed E-state index contributed by atoms with van der Waals surface area (Å²) in [4.78, 5) is 54.4. The van der Waals surface area contributed by atoms with Crippen LogP contribution < -0.4 is 21.3 Å². The number of hydrogen-bond acceptors (Lipinski definition) is 14. The minimum absolute atomic E-state index is 0.0854. The molecule has 0 radical (unpaired) electrons. The Morgan fingerprint density at radius 1 is 0.652 bits per heavy atom. The van der Waals surface area contributed by atoms with Crippen LogP contribution in [-0.2, 0) is 47.1 Å². The maximum absolute atomic E-state index is 14.0. The molecule has 0 aromatic heterocycles. The van der Waals surface area contributed by atoms with Gasteiger partial charge in [-0.15, -0.1) is 6.42 Å². The van der Waals surface area contributed by atoms with Gasteiger partial charge in [-0.05, 0) is 120 Å². The Morgan fingerprint density at radius 2 is 1.14 bits per heavy atom. The molecule has 2 heterocycles. The summed E-state index contributed by atoms with van der Waals surface area (Å²) in [7, 11) is -2.77. The molecule has 2 saturated carbocycles. The van der Waals surface area contributed by atoms with E-state index in [4.69, 9.17) is 53.5 Å². The molecular formula is C47H82N4O14Si. The van der Waals surface area contributed by atoms with Gasteiger partial charge < -0.3 is 68.3 Å². The maximum atomic E-state index is 14.0. The lowest BCUT2D eigenvalue weighted by atomic mass is 9.83. The Balaban J connectivity index is 1.91. The van der Waals surface area contributed by atoms with E-state index in [1.54, 1.807) is 83.1 Å². The lowest BCUT2D eigenvalue weighted by Crippen LogP contribution is -2.71. The third kappa shape index (κ3) is 16.1. The molecule has 2 saturated heterocycles. The minimum Gasteiger partial charge on any atom is -0.444 e. The van der Waals surface area contributed by atoms with E-state index in [1.807, 2.05) is 0 Å². The van der Waals surface area contributed by atoms with Crippen LogP contribution >= 0.6 is 0 Å². The molecule has 4 fully saturated rings. The van der Waals surface area contributed by atoms with Gasteiger partial charge in [0.15, 0.2) is 20.4 Å². The highest BCUT2D eigenvalue weighted by Crippen LogP contribution is 2.47. The minimum atomic E-state index is -2.77. The molecule has 4 rings (SSSR count). The topological polar surface area (TPSA) is 209 Å². The number of nitrogens with one attached hydrogen (secondary N) is 4. The number of amides is 4. The van der Waals surface area contributed by atoms with E-state index in [2.05, 4.69) is 61.1 Å². The fourth-order valence-electron chi connectivity index (χ4n) is 8.13. The molecule has 0 unspecified atom stereocenters. The average Bonchev–Trinajstić information content (AvgIpc) is 3.48. The summed E-state index contributed by atoms with van der Waals surface area (Å²) in [5.41, 5.74) is -3.37. The van der Waals surface area contributed by atoms with Gasteiger partial charge >= 0.3 is 24.4 Å². The lowest BCUT2D eigenvalue weighted by molar-refractivity contribution is -0.294. The van der Waals surface area contributed by atoms with Crippen LogP contribution in [0.5, 0.6) is 0 Å². The Morgan fingerprint density at radius 3 is 1.64 bits per heavy atom. The van der Waals surface area contributed by atoms with Crippen LogP contribution in [0.3, 0.4) is 0 Å². The van der Waals surface area contributed by atoms with Gasteiger partial charge in [0.05, 0.1) is 18.2 Å². The Bertz CT molecular complexity index is 1720. The first-order valence-electron chi connectivity index (χ1n) is 23.4. The molecule has 18 nitrogen and oxygen atoms in total. The fourth-order valence-corrected chi connectivity index (χ4v) is 9.44. The fraction of sp³-hybridized carbons (Fsp3) is 0.872. The largest absolute Gasteiger partial charge is 0.444 e. The monoisotopic (exact) mass is 955 g/mol. The molecule has 2 aliphatic carbocycles. The number of fused-ring (bicyclic) bond motifs is 1. The van der Waals surface area contributed by atoms with Crippen molar-refractivity contribution in [3.63, 3.8) is 0 Å². The number of carbonyl (C=O) groups excluding carboxylic acids is 4. The second-order valence-electron chi connectivity index (χ2n) is 23.4. The van der Waals surface area contributed by atoms with Crippen molar-refractivity contribution >= 4 is 32.7 Å². The Kier molecular flexibility index (Phi) is 17.6. The highest BCUT2D eigenvalue weighted by atomic mass is 28.4. The summed E-state index contributed by atoms with van der Waals surface area (Å²) >= 11 is 0. The van der Waals surface area contributed by atoms with Crippen LogP contribution in [0.15, 0.2) is 0 Å².